The Morgan fingerprint density at radius 1 is 1.35 bits per heavy atom. The summed E-state index contributed by atoms with van der Waals surface area (Å²) in [5.41, 5.74) is 6.57. The molecule has 3 aromatic heterocycles. The average molecular weight is 407 g/mol. The molecular weight excluding hydrogens is 392 g/mol. The van der Waals surface area contributed by atoms with E-state index in [-0.39, 0.29) is 17.6 Å². The predicted molar refractivity (Wildman–Crippen MR) is 102 cm³/mol. The van der Waals surface area contributed by atoms with Crippen molar-refractivity contribution < 1.29 is 9.59 Å². The zero-order chi connectivity index (χ0) is 18.5. The van der Waals surface area contributed by atoms with Crippen LogP contribution in [0, 0.1) is 0 Å². The van der Waals surface area contributed by atoms with Crippen molar-refractivity contribution in [2.24, 2.45) is 5.73 Å². The largest absolute Gasteiger partial charge is 0.369 e. The van der Waals surface area contributed by atoms with Gasteiger partial charge in [-0.3, -0.25) is 14.6 Å². The van der Waals surface area contributed by atoms with Gasteiger partial charge in [0.25, 0.3) is 0 Å². The summed E-state index contributed by atoms with van der Waals surface area (Å²) in [6.07, 6.45) is 1.78. The number of amides is 2. The first-order valence-corrected chi connectivity index (χ1v) is 10.0. The van der Waals surface area contributed by atoms with Gasteiger partial charge in [-0.2, -0.15) is 0 Å². The maximum Gasteiger partial charge on any atom is 0.232 e. The van der Waals surface area contributed by atoms with Gasteiger partial charge < -0.3 is 11.1 Å². The van der Waals surface area contributed by atoms with E-state index >= 15 is 0 Å². The minimum absolute atomic E-state index is 0.112. The molecule has 0 radical (unpaired) electrons. The zero-order valence-corrected chi connectivity index (χ0v) is 16.0. The first-order chi connectivity index (χ1) is 12.5. The highest BCUT2D eigenvalue weighted by atomic mass is 32.2. The number of hydrogen-bond acceptors (Lipinski definition) is 9. The highest BCUT2D eigenvalue weighted by Gasteiger charge is 2.15. The first kappa shape index (κ1) is 18.4. The topological polar surface area (TPSA) is 124 Å². The number of thiazole rings is 1. The summed E-state index contributed by atoms with van der Waals surface area (Å²) in [6.45, 7) is 1.72. The van der Waals surface area contributed by atoms with Crippen molar-refractivity contribution in [1.82, 2.24) is 20.2 Å². The van der Waals surface area contributed by atoms with Gasteiger partial charge in [0.05, 0.1) is 17.4 Å². The SMILES string of the molecule is CC(Sc1nc(CC(=O)Nc2nnc(-c3ccccn3)s2)cs1)C(N)=O. The fourth-order valence-electron chi connectivity index (χ4n) is 1.83. The minimum Gasteiger partial charge on any atom is -0.369 e. The number of carbonyl (C=O) groups is 2. The van der Waals surface area contributed by atoms with E-state index in [1.54, 1.807) is 18.5 Å². The lowest BCUT2D eigenvalue weighted by atomic mass is 10.3. The fourth-order valence-corrected chi connectivity index (χ4v) is 4.50. The van der Waals surface area contributed by atoms with Gasteiger partial charge >= 0.3 is 0 Å². The third kappa shape index (κ3) is 4.84. The number of thioether (sulfide) groups is 1. The Bertz CT molecular complexity index is 911. The molecule has 0 saturated heterocycles. The van der Waals surface area contributed by atoms with Gasteiger partial charge in [0.1, 0.15) is 5.69 Å². The molecule has 0 saturated carbocycles. The minimum atomic E-state index is -0.399. The molecule has 0 bridgehead atoms. The lowest BCUT2D eigenvalue weighted by molar-refractivity contribution is -0.117. The van der Waals surface area contributed by atoms with Gasteiger partial charge in [0.2, 0.25) is 16.9 Å². The van der Waals surface area contributed by atoms with Crippen molar-refractivity contribution in [3.05, 3.63) is 35.5 Å². The van der Waals surface area contributed by atoms with Gasteiger partial charge in [-0.1, -0.05) is 29.2 Å². The number of nitrogens with zero attached hydrogens (tertiary/aromatic N) is 4. The van der Waals surface area contributed by atoms with E-state index in [4.69, 9.17) is 5.73 Å². The second-order valence-electron chi connectivity index (χ2n) is 5.12. The van der Waals surface area contributed by atoms with Crippen LogP contribution >= 0.6 is 34.4 Å². The van der Waals surface area contributed by atoms with Gasteiger partial charge in [-0.25, -0.2) is 4.98 Å². The molecule has 0 spiro atoms. The Kier molecular flexibility index (Phi) is 5.91. The van der Waals surface area contributed by atoms with E-state index < -0.39 is 5.91 Å². The van der Waals surface area contributed by atoms with E-state index in [9.17, 15) is 9.59 Å². The Morgan fingerprint density at radius 2 is 2.19 bits per heavy atom. The van der Waals surface area contributed by atoms with E-state index in [2.05, 4.69) is 25.5 Å². The Labute approximate surface area is 161 Å². The third-order valence-electron chi connectivity index (χ3n) is 3.11. The second kappa shape index (κ2) is 8.34. The molecule has 1 atom stereocenters. The summed E-state index contributed by atoms with van der Waals surface area (Å²) < 4.78 is 0.701. The van der Waals surface area contributed by atoms with Gasteiger partial charge in [0, 0.05) is 11.6 Å². The van der Waals surface area contributed by atoms with Crippen LogP contribution < -0.4 is 11.1 Å². The quantitative estimate of drug-likeness (QED) is 0.576. The number of hydrogen-bond donors (Lipinski definition) is 2. The van der Waals surface area contributed by atoms with Gasteiger partial charge in [-0.05, 0) is 19.1 Å². The highest BCUT2D eigenvalue weighted by molar-refractivity contribution is 8.02. The molecule has 0 aliphatic rings. The van der Waals surface area contributed by atoms with Crippen molar-refractivity contribution in [3.8, 4) is 10.7 Å². The molecule has 26 heavy (non-hydrogen) atoms. The number of pyridine rings is 1. The average Bonchev–Trinajstić information content (AvgIpc) is 3.25. The molecule has 3 rings (SSSR count). The third-order valence-corrected chi connectivity index (χ3v) is 6.11. The van der Waals surface area contributed by atoms with Crippen LogP contribution in [0.1, 0.15) is 12.6 Å². The molecule has 0 aliphatic heterocycles. The van der Waals surface area contributed by atoms with Crippen molar-refractivity contribution in [3.63, 3.8) is 0 Å². The van der Waals surface area contributed by atoms with E-state index in [0.29, 0.717) is 25.9 Å². The molecule has 3 N–H and O–H groups in total. The van der Waals surface area contributed by atoms with Crippen LogP contribution in [0.5, 0.6) is 0 Å². The number of rotatable bonds is 7. The van der Waals surface area contributed by atoms with Crippen molar-refractivity contribution in [2.75, 3.05) is 5.32 Å². The lowest BCUT2D eigenvalue weighted by Gasteiger charge is -2.02. The smallest absolute Gasteiger partial charge is 0.232 e. The summed E-state index contributed by atoms with van der Waals surface area (Å²) in [4.78, 5) is 31.8. The summed E-state index contributed by atoms with van der Waals surface area (Å²) >= 11 is 3.91. The van der Waals surface area contributed by atoms with Crippen LogP contribution in [0.25, 0.3) is 10.7 Å². The summed E-state index contributed by atoms with van der Waals surface area (Å²) in [5.74, 6) is -0.636. The maximum absolute atomic E-state index is 12.2. The maximum atomic E-state index is 12.2. The zero-order valence-electron chi connectivity index (χ0n) is 13.6. The Balaban J connectivity index is 1.57. The van der Waals surface area contributed by atoms with Crippen LogP contribution in [-0.4, -0.2) is 37.2 Å². The molecule has 2 amide bonds. The van der Waals surface area contributed by atoms with Crippen LogP contribution in [0.2, 0.25) is 0 Å². The number of anilines is 1. The predicted octanol–water partition coefficient (Wildman–Crippen LogP) is 2.20. The normalized spacial score (nSPS) is 11.9. The number of primary amides is 1. The standard InChI is InChI=1S/C15H14N6O2S3/c1-8(12(16)23)25-15-18-9(7-24-15)6-11(22)19-14-21-20-13(26-14)10-4-2-3-5-17-10/h2-5,7-8H,6H2,1H3,(H2,16,23)(H,19,21,22). The molecule has 0 fully saturated rings. The van der Waals surface area contributed by atoms with Crippen molar-refractivity contribution >= 4 is 51.4 Å². The molecule has 1 unspecified atom stereocenters. The molecule has 0 aliphatic carbocycles. The van der Waals surface area contributed by atoms with Crippen LogP contribution in [0.3, 0.4) is 0 Å². The summed E-state index contributed by atoms with van der Waals surface area (Å²) in [7, 11) is 0. The van der Waals surface area contributed by atoms with E-state index in [1.165, 1.54) is 34.4 Å². The lowest BCUT2D eigenvalue weighted by Crippen LogP contribution is -2.22. The second-order valence-corrected chi connectivity index (χ2v) is 8.54. The summed E-state index contributed by atoms with van der Waals surface area (Å²) in [6, 6.07) is 5.50. The first-order valence-electron chi connectivity index (χ1n) is 7.46. The van der Waals surface area contributed by atoms with Gasteiger partial charge in [-0.15, -0.1) is 21.5 Å². The Morgan fingerprint density at radius 3 is 2.92 bits per heavy atom. The number of nitrogens with one attached hydrogen (secondary N) is 1. The van der Waals surface area contributed by atoms with Crippen LogP contribution in [-0.2, 0) is 16.0 Å². The molecule has 134 valence electrons. The molecule has 8 nitrogen and oxygen atoms in total. The number of aromatic nitrogens is 4. The van der Waals surface area contributed by atoms with E-state index in [0.717, 1.165) is 0 Å². The number of carbonyl (C=O) groups excluding carboxylic acids is 2. The highest BCUT2D eigenvalue weighted by Crippen LogP contribution is 2.27. The Hall–Kier alpha value is -2.37. The van der Waals surface area contributed by atoms with Crippen LogP contribution in [0.15, 0.2) is 34.1 Å². The molecule has 11 heteroatoms. The fraction of sp³-hybridized carbons (Fsp3) is 0.200. The van der Waals surface area contributed by atoms with E-state index in [1.807, 2.05) is 18.2 Å². The van der Waals surface area contributed by atoms with Crippen LogP contribution in [0.4, 0.5) is 5.13 Å². The summed E-state index contributed by atoms with van der Waals surface area (Å²) in [5, 5.41) is 13.2. The molecule has 0 aromatic carbocycles. The molecule has 3 heterocycles. The van der Waals surface area contributed by atoms with Crippen molar-refractivity contribution in [1.29, 1.82) is 0 Å². The monoisotopic (exact) mass is 406 g/mol. The number of nitrogens with two attached hydrogens (primary N) is 1. The van der Waals surface area contributed by atoms with Gasteiger partial charge in [0.15, 0.2) is 9.35 Å². The molecular formula is C15H14N6O2S3. The van der Waals surface area contributed by atoms with Crippen molar-refractivity contribution in [2.45, 2.75) is 22.9 Å². The molecule has 3 aromatic rings.